The van der Waals surface area contributed by atoms with E-state index >= 15 is 0 Å². The number of anilines is 2. The van der Waals surface area contributed by atoms with Gasteiger partial charge in [0.15, 0.2) is 0 Å². The van der Waals surface area contributed by atoms with Crippen LogP contribution in [-0.2, 0) is 6.54 Å². The predicted octanol–water partition coefficient (Wildman–Crippen LogP) is -0.441. The van der Waals surface area contributed by atoms with Crippen LogP contribution in [0.2, 0.25) is 0 Å². The largest absolute Gasteiger partial charge is 0.383 e. The van der Waals surface area contributed by atoms with E-state index in [1.165, 1.54) is 0 Å². The second-order valence-electron chi connectivity index (χ2n) is 2.83. The van der Waals surface area contributed by atoms with Crippen molar-refractivity contribution in [1.29, 1.82) is 0 Å². The van der Waals surface area contributed by atoms with Crippen molar-refractivity contribution in [3.8, 4) is 0 Å². The molecule has 1 aliphatic heterocycles. The Hall–Kier alpha value is -1.52. The molecule has 0 spiro atoms. The Labute approximate surface area is 69.2 Å². The highest BCUT2D eigenvalue weighted by atomic mass is 16.1. The lowest BCUT2D eigenvalue weighted by Crippen LogP contribution is -2.22. The smallest absolute Gasteiger partial charge is 0.259 e. The second-order valence-corrected chi connectivity index (χ2v) is 2.83. The molecule has 5 nitrogen and oxygen atoms in total. The molecule has 0 saturated carbocycles. The average molecular weight is 166 g/mol. The first kappa shape index (κ1) is 7.15. The van der Waals surface area contributed by atoms with Crippen LogP contribution < -0.4 is 16.6 Å². The molecule has 0 bridgehead atoms. The van der Waals surface area contributed by atoms with E-state index < -0.39 is 0 Å². The maximum Gasteiger partial charge on any atom is 0.259 e. The summed E-state index contributed by atoms with van der Waals surface area (Å²) in [5.74, 6) is 0.906. The van der Waals surface area contributed by atoms with E-state index in [0.717, 1.165) is 6.54 Å². The molecule has 0 aromatic carbocycles. The predicted molar refractivity (Wildman–Crippen MR) is 46.1 cm³/mol. The maximum atomic E-state index is 11.5. The van der Waals surface area contributed by atoms with Gasteiger partial charge in [0.2, 0.25) is 5.95 Å². The summed E-state index contributed by atoms with van der Waals surface area (Å²) in [5, 5.41) is 2.98. The fraction of sp³-hybridized carbons (Fsp3) is 0.429. The zero-order valence-electron chi connectivity index (χ0n) is 6.79. The molecule has 1 aromatic heterocycles. The third-order valence-corrected chi connectivity index (χ3v) is 2.05. The molecule has 0 radical (unpaired) electrons. The van der Waals surface area contributed by atoms with Gasteiger partial charge in [-0.05, 0) is 6.92 Å². The molecular formula is C7H10N4O. The Balaban J connectivity index is 2.76. The molecule has 0 aliphatic carbocycles. The van der Waals surface area contributed by atoms with Crippen molar-refractivity contribution in [3.05, 3.63) is 15.9 Å². The molecule has 3 N–H and O–H groups in total. The fourth-order valence-electron chi connectivity index (χ4n) is 1.29. The monoisotopic (exact) mass is 166 g/mol. The van der Waals surface area contributed by atoms with Crippen LogP contribution in [0.5, 0.6) is 0 Å². The summed E-state index contributed by atoms with van der Waals surface area (Å²) in [6, 6.07) is 0. The quantitative estimate of drug-likeness (QED) is 0.548. The van der Waals surface area contributed by atoms with Crippen LogP contribution in [0.15, 0.2) is 4.79 Å². The highest BCUT2D eigenvalue weighted by molar-refractivity contribution is 5.44. The minimum absolute atomic E-state index is 0.0394. The van der Waals surface area contributed by atoms with Crippen LogP contribution in [0.25, 0.3) is 0 Å². The molecule has 12 heavy (non-hydrogen) atoms. The Morgan fingerprint density at radius 3 is 3.17 bits per heavy atom. The van der Waals surface area contributed by atoms with Gasteiger partial charge in [-0.15, -0.1) is 0 Å². The number of fused-ring (bicyclic) bond motifs is 1. The van der Waals surface area contributed by atoms with Crippen molar-refractivity contribution in [2.75, 3.05) is 17.6 Å². The average Bonchev–Trinajstić information content (AvgIpc) is 2.48. The Morgan fingerprint density at radius 1 is 1.67 bits per heavy atom. The number of nitrogen functional groups attached to an aromatic ring is 1. The highest BCUT2D eigenvalue weighted by Crippen LogP contribution is 2.11. The van der Waals surface area contributed by atoms with Crippen LogP contribution in [0.3, 0.4) is 0 Å². The number of nitrogens with zero attached hydrogens (tertiary/aromatic N) is 2. The van der Waals surface area contributed by atoms with Gasteiger partial charge in [0.1, 0.15) is 5.82 Å². The van der Waals surface area contributed by atoms with E-state index in [9.17, 15) is 4.79 Å². The minimum Gasteiger partial charge on any atom is -0.383 e. The molecular weight excluding hydrogens is 156 g/mol. The lowest BCUT2D eigenvalue weighted by Gasteiger charge is -2.04. The first-order valence-corrected chi connectivity index (χ1v) is 3.81. The fourth-order valence-corrected chi connectivity index (χ4v) is 1.29. The summed E-state index contributed by atoms with van der Waals surface area (Å²) in [7, 11) is 0. The minimum atomic E-state index is -0.0394. The van der Waals surface area contributed by atoms with Gasteiger partial charge < -0.3 is 11.1 Å². The zero-order valence-corrected chi connectivity index (χ0v) is 6.79. The molecule has 1 aromatic rings. The van der Waals surface area contributed by atoms with Crippen LogP contribution >= 0.6 is 0 Å². The first-order valence-electron chi connectivity index (χ1n) is 3.81. The van der Waals surface area contributed by atoms with Crippen molar-refractivity contribution in [2.45, 2.75) is 13.5 Å². The molecule has 64 valence electrons. The number of hydrogen-bond donors (Lipinski definition) is 2. The van der Waals surface area contributed by atoms with E-state index in [1.54, 1.807) is 11.5 Å². The summed E-state index contributed by atoms with van der Waals surface area (Å²) >= 11 is 0. The van der Waals surface area contributed by atoms with E-state index in [-0.39, 0.29) is 5.56 Å². The number of rotatable bonds is 0. The normalized spacial score (nSPS) is 14.1. The summed E-state index contributed by atoms with van der Waals surface area (Å²) in [6.45, 7) is 3.13. The first-order chi connectivity index (χ1) is 5.70. The number of hydrogen-bond acceptors (Lipinski definition) is 4. The van der Waals surface area contributed by atoms with Gasteiger partial charge in [-0.2, -0.15) is 4.98 Å². The maximum absolute atomic E-state index is 11.5. The zero-order chi connectivity index (χ0) is 8.72. The third kappa shape index (κ3) is 0.792. The summed E-state index contributed by atoms with van der Waals surface area (Å²) in [6.07, 6.45) is 0. The van der Waals surface area contributed by atoms with Crippen molar-refractivity contribution >= 4 is 11.8 Å². The lowest BCUT2D eigenvalue weighted by molar-refractivity contribution is 0.756. The van der Waals surface area contributed by atoms with Crippen LogP contribution in [0, 0.1) is 6.92 Å². The second kappa shape index (κ2) is 2.23. The summed E-state index contributed by atoms with van der Waals surface area (Å²) in [5.41, 5.74) is 6.02. The number of nitrogens with two attached hydrogens (primary N) is 1. The summed E-state index contributed by atoms with van der Waals surface area (Å²) < 4.78 is 1.60. The standard InChI is InChI=1S/C7H10N4O/c1-4-5(8)10-7-9-2-3-11(7)6(4)12/h2-3,8H2,1H3,(H,9,10). The third-order valence-electron chi connectivity index (χ3n) is 2.05. The molecule has 0 atom stereocenters. The van der Waals surface area contributed by atoms with Crippen LogP contribution in [-0.4, -0.2) is 16.1 Å². The molecule has 0 unspecified atom stereocenters. The molecule has 2 rings (SSSR count). The molecule has 0 fully saturated rings. The summed E-state index contributed by atoms with van der Waals surface area (Å²) in [4.78, 5) is 15.5. The SMILES string of the molecule is Cc1c(N)nc2n(c1=O)CCN2. The molecule has 5 heteroatoms. The topological polar surface area (TPSA) is 72.9 Å². The molecule has 1 aliphatic rings. The Kier molecular flexibility index (Phi) is 1.33. The van der Waals surface area contributed by atoms with E-state index in [1.807, 2.05) is 0 Å². The van der Waals surface area contributed by atoms with Crippen molar-refractivity contribution < 1.29 is 0 Å². The van der Waals surface area contributed by atoms with E-state index in [2.05, 4.69) is 10.3 Å². The van der Waals surface area contributed by atoms with Crippen molar-refractivity contribution in [1.82, 2.24) is 9.55 Å². The van der Waals surface area contributed by atoms with Crippen molar-refractivity contribution in [2.24, 2.45) is 0 Å². The van der Waals surface area contributed by atoms with Crippen molar-refractivity contribution in [3.63, 3.8) is 0 Å². The molecule has 2 heterocycles. The molecule has 0 saturated heterocycles. The number of aromatic nitrogens is 2. The van der Waals surface area contributed by atoms with Crippen LogP contribution in [0.1, 0.15) is 5.56 Å². The number of nitrogens with one attached hydrogen (secondary N) is 1. The highest BCUT2D eigenvalue weighted by Gasteiger charge is 2.15. The van der Waals surface area contributed by atoms with Gasteiger partial charge in [-0.3, -0.25) is 9.36 Å². The Morgan fingerprint density at radius 2 is 2.42 bits per heavy atom. The van der Waals surface area contributed by atoms with Gasteiger partial charge in [-0.25, -0.2) is 0 Å². The van der Waals surface area contributed by atoms with Gasteiger partial charge in [-0.1, -0.05) is 0 Å². The van der Waals surface area contributed by atoms with Gasteiger partial charge in [0.25, 0.3) is 5.56 Å². The Bertz CT molecular complexity index is 382. The van der Waals surface area contributed by atoms with Gasteiger partial charge in [0, 0.05) is 13.1 Å². The van der Waals surface area contributed by atoms with Crippen LogP contribution in [0.4, 0.5) is 11.8 Å². The molecule has 0 amide bonds. The van der Waals surface area contributed by atoms with Gasteiger partial charge >= 0.3 is 0 Å². The van der Waals surface area contributed by atoms with Gasteiger partial charge in [0.05, 0.1) is 5.56 Å². The van der Waals surface area contributed by atoms with E-state index in [4.69, 9.17) is 5.73 Å². The van der Waals surface area contributed by atoms with E-state index in [0.29, 0.717) is 23.9 Å². The lowest BCUT2D eigenvalue weighted by atomic mass is 10.3.